The van der Waals surface area contributed by atoms with E-state index in [9.17, 15) is 0 Å². The van der Waals surface area contributed by atoms with Crippen molar-refractivity contribution < 1.29 is 32.7 Å². The predicted molar refractivity (Wildman–Crippen MR) is 35.0 cm³/mol. The SMILES string of the molecule is [CH2-]CCC1[CH-]NCC1.[Y]. The zero-order chi connectivity index (χ0) is 5.82. The molecule has 1 rings (SSSR count). The van der Waals surface area contributed by atoms with Crippen LogP contribution in [0.15, 0.2) is 0 Å². The van der Waals surface area contributed by atoms with Gasteiger partial charge in [0.2, 0.25) is 0 Å². The summed E-state index contributed by atoms with van der Waals surface area (Å²) in [6, 6.07) is 0. The van der Waals surface area contributed by atoms with Crippen molar-refractivity contribution >= 4 is 0 Å². The van der Waals surface area contributed by atoms with Crippen LogP contribution in [0.1, 0.15) is 19.3 Å². The summed E-state index contributed by atoms with van der Waals surface area (Å²) in [5, 5.41) is 3.20. The first-order chi connectivity index (χ1) is 3.93. The van der Waals surface area contributed by atoms with Gasteiger partial charge in [-0.2, -0.15) is 12.3 Å². The molecular weight excluding hydrogens is 187 g/mol. The van der Waals surface area contributed by atoms with Crippen LogP contribution < -0.4 is 5.32 Å². The molecule has 0 bridgehead atoms. The van der Waals surface area contributed by atoms with E-state index >= 15 is 0 Å². The predicted octanol–water partition coefficient (Wildman–Crippen LogP) is 1.37. The van der Waals surface area contributed by atoms with Crippen molar-refractivity contribution in [3.63, 3.8) is 0 Å². The van der Waals surface area contributed by atoms with Gasteiger partial charge in [-0.3, -0.25) is 6.54 Å². The maximum atomic E-state index is 3.80. The van der Waals surface area contributed by atoms with Crippen molar-refractivity contribution in [2.45, 2.75) is 19.3 Å². The summed E-state index contributed by atoms with van der Waals surface area (Å²) >= 11 is 0. The molecule has 9 heavy (non-hydrogen) atoms. The topological polar surface area (TPSA) is 12.0 Å². The molecule has 1 fully saturated rings. The van der Waals surface area contributed by atoms with E-state index in [4.69, 9.17) is 0 Å². The molecule has 1 atom stereocenters. The molecule has 2 heteroatoms. The fourth-order valence-corrected chi connectivity index (χ4v) is 1.09. The Morgan fingerprint density at radius 3 is 2.89 bits per heavy atom. The maximum absolute atomic E-state index is 3.80. The Morgan fingerprint density at radius 2 is 2.44 bits per heavy atom. The monoisotopic (exact) mass is 200 g/mol. The van der Waals surface area contributed by atoms with E-state index < -0.39 is 0 Å². The molecule has 0 spiro atoms. The first kappa shape index (κ1) is 10.1. The minimum Gasteiger partial charge on any atom is -0.470 e. The normalized spacial score (nSPS) is 25.7. The Morgan fingerprint density at radius 1 is 1.67 bits per heavy atom. The minimum absolute atomic E-state index is 0. The molecule has 1 nitrogen and oxygen atoms in total. The summed E-state index contributed by atoms with van der Waals surface area (Å²) in [7, 11) is 0. The molecule has 0 saturated carbocycles. The Kier molecular flexibility index (Phi) is 6.51. The Labute approximate surface area is 82.9 Å². The van der Waals surface area contributed by atoms with Gasteiger partial charge >= 0.3 is 0 Å². The zero-order valence-electron chi connectivity index (χ0n) is 5.77. The van der Waals surface area contributed by atoms with Gasteiger partial charge in [0, 0.05) is 32.7 Å². The van der Waals surface area contributed by atoms with Gasteiger partial charge in [0.05, 0.1) is 0 Å². The van der Waals surface area contributed by atoms with Crippen LogP contribution in [0.5, 0.6) is 0 Å². The smallest absolute Gasteiger partial charge is 0 e. The van der Waals surface area contributed by atoms with Crippen LogP contribution in [0, 0.1) is 19.4 Å². The third-order valence-corrected chi connectivity index (χ3v) is 1.59. The molecular formula is C7H13NY-2. The van der Waals surface area contributed by atoms with E-state index in [1.54, 1.807) is 0 Å². The van der Waals surface area contributed by atoms with Crippen molar-refractivity contribution in [1.29, 1.82) is 0 Å². The molecule has 0 amide bonds. The fourth-order valence-electron chi connectivity index (χ4n) is 1.09. The van der Waals surface area contributed by atoms with Gasteiger partial charge in [0.25, 0.3) is 0 Å². The van der Waals surface area contributed by atoms with Gasteiger partial charge in [-0.05, 0) is 6.54 Å². The second-order valence-electron chi connectivity index (χ2n) is 2.31. The molecule has 0 aromatic carbocycles. The van der Waals surface area contributed by atoms with Crippen molar-refractivity contribution in [2.24, 2.45) is 5.92 Å². The minimum atomic E-state index is 0. The van der Waals surface area contributed by atoms with Crippen LogP contribution in [0.2, 0.25) is 0 Å². The zero-order valence-corrected chi connectivity index (χ0v) is 8.61. The van der Waals surface area contributed by atoms with Crippen molar-refractivity contribution in [3.05, 3.63) is 13.5 Å². The average Bonchev–Trinajstić information content (AvgIpc) is 2.19. The molecule has 1 radical (unpaired) electrons. The molecule has 1 saturated heterocycles. The third kappa shape index (κ3) is 3.69. The van der Waals surface area contributed by atoms with E-state index in [-0.39, 0.29) is 32.7 Å². The van der Waals surface area contributed by atoms with E-state index in [1.807, 2.05) is 0 Å². The van der Waals surface area contributed by atoms with Crippen LogP contribution in [0.25, 0.3) is 0 Å². The molecule has 51 valence electrons. The van der Waals surface area contributed by atoms with E-state index in [0.29, 0.717) is 0 Å². The largest absolute Gasteiger partial charge is 0.470 e. The average molecular weight is 200 g/mol. The Bertz CT molecular complexity index is 59.9. The van der Waals surface area contributed by atoms with Gasteiger partial charge < -0.3 is 12.2 Å². The summed E-state index contributed by atoms with van der Waals surface area (Å²) in [5.74, 6) is 0.812. The van der Waals surface area contributed by atoms with Gasteiger partial charge in [-0.15, -0.1) is 6.42 Å². The van der Waals surface area contributed by atoms with E-state index in [1.165, 1.54) is 19.4 Å². The summed E-state index contributed by atoms with van der Waals surface area (Å²) in [6.45, 7) is 7.17. The van der Waals surface area contributed by atoms with Crippen molar-refractivity contribution in [1.82, 2.24) is 5.32 Å². The summed E-state index contributed by atoms with van der Waals surface area (Å²) < 4.78 is 0. The van der Waals surface area contributed by atoms with E-state index in [2.05, 4.69) is 18.8 Å². The molecule has 1 N–H and O–H groups in total. The number of hydrogen-bond donors (Lipinski definition) is 1. The van der Waals surface area contributed by atoms with Gasteiger partial charge in [-0.25, -0.2) is 0 Å². The van der Waals surface area contributed by atoms with Crippen LogP contribution in [0.3, 0.4) is 0 Å². The van der Waals surface area contributed by atoms with Crippen LogP contribution in [-0.2, 0) is 32.7 Å². The standard InChI is InChI=1S/C7H13N.Y/c1-2-3-7-4-5-8-6-7;/h6-8H,1-5H2;/q-2;. The molecule has 1 aliphatic rings. The quantitative estimate of drug-likeness (QED) is 0.664. The first-order valence-electron chi connectivity index (χ1n) is 3.29. The number of rotatable bonds is 2. The Hall–Kier alpha value is 1.06. The third-order valence-electron chi connectivity index (χ3n) is 1.59. The summed E-state index contributed by atoms with van der Waals surface area (Å²) in [4.78, 5) is 0. The fraction of sp³-hybridized carbons (Fsp3) is 0.714. The first-order valence-corrected chi connectivity index (χ1v) is 3.29. The van der Waals surface area contributed by atoms with Crippen LogP contribution >= 0.6 is 0 Å². The second kappa shape index (κ2) is 5.82. The van der Waals surface area contributed by atoms with Crippen molar-refractivity contribution in [3.8, 4) is 0 Å². The molecule has 1 aliphatic heterocycles. The molecule has 0 aliphatic carbocycles. The summed E-state index contributed by atoms with van der Waals surface area (Å²) in [6.07, 6.45) is 3.64. The molecule has 1 unspecified atom stereocenters. The van der Waals surface area contributed by atoms with E-state index in [0.717, 1.165) is 12.3 Å². The van der Waals surface area contributed by atoms with Gasteiger partial charge in [0.1, 0.15) is 0 Å². The number of hydrogen-bond acceptors (Lipinski definition) is 1. The van der Waals surface area contributed by atoms with Gasteiger partial charge in [-0.1, -0.05) is 6.42 Å². The molecule has 0 aromatic rings. The summed E-state index contributed by atoms with van der Waals surface area (Å²) in [5.41, 5.74) is 0. The van der Waals surface area contributed by atoms with Gasteiger partial charge in [0.15, 0.2) is 0 Å². The second-order valence-corrected chi connectivity index (χ2v) is 2.31. The van der Waals surface area contributed by atoms with Crippen molar-refractivity contribution in [2.75, 3.05) is 6.54 Å². The molecule has 0 aromatic heterocycles. The van der Waals surface area contributed by atoms with Crippen LogP contribution in [0.4, 0.5) is 0 Å². The Balaban J connectivity index is 0.000000640. The maximum Gasteiger partial charge on any atom is 0 e. The van der Waals surface area contributed by atoms with Crippen LogP contribution in [-0.4, -0.2) is 6.54 Å². The number of nitrogens with one attached hydrogen (secondary N) is 1. The molecule has 1 heterocycles.